The SMILES string of the molecule is CC(=O)N1CCc2cc(NC(=O)Cc3ccc(-c4ccccc4)cc3)ccc21. The van der Waals surface area contributed by atoms with Gasteiger partial charge in [0.15, 0.2) is 0 Å². The van der Waals surface area contributed by atoms with Gasteiger partial charge < -0.3 is 10.2 Å². The van der Waals surface area contributed by atoms with Gasteiger partial charge in [0.1, 0.15) is 0 Å². The van der Waals surface area contributed by atoms with Gasteiger partial charge in [0.2, 0.25) is 11.8 Å². The van der Waals surface area contributed by atoms with Crippen LogP contribution in [0, 0.1) is 0 Å². The molecule has 0 aliphatic carbocycles. The molecule has 140 valence electrons. The minimum Gasteiger partial charge on any atom is -0.326 e. The van der Waals surface area contributed by atoms with E-state index < -0.39 is 0 Å². The van der Waals surface area contributed by atoms with E-state index in [-0.39, 0.29) is 11.8 Å². The Bertz CT molecular complexity index is 1010. The predicted molar refractivity (Wildman–Crippen MR) is 112 cm³/mol. The minimum absolute atomic E-state index is 0.0474. The Hall–Kier alpha value is -3.40. The average molecular weight is 370 g/mol. The molecule has 0 atom stereocenters. The molecular formula is C24H22N2O2. The van der Waals surface area contributed by atoms with Crippen LogP contribution in [0.4, 0.5) is 11.4 Å². The van der Waals surface area contributed by atoms with Crippen molar-refractivity contribution >= 4 is 23.2 Å². The molecule has 2 amide bonds. The van der Waals surface area contributed by atoms with E-state index in [0.717, 1.165) is 40.0 Å². The monoisotopic (exact) mass is 370 g/mol. The summed E-state index contributed by atoms with van der Waals surface area (Å²) in [7, 11) is 0. The highest BCUT2D eigenvalue weighted by Crippen LogP contribution is 2.30. The highest BCUT2D eigenvalue weighted by atomic mass is 16.2. The molecule has 1 N–H and O–H groups in total. The maximum Gasteiger partial charge on any atom is 0.228 e. The lowest BCUT2D eigenvalue weighted by atomic mass is 10.0. The van der Waals surface area contributed by atoms with Gasteiger partial charge in [0.05, 0.1) is 6.42 Å². The van der Waals surface area contributed by atoms with E-state index in [9.17, 15) is 9.59 Å². The molecule has 4 heteroatoms. The summed E-state index contributed by atoms with van der Waals surface area (Å²) >= 11 is 0. The number of rotatable bonds is 4. The van der Waals surface area contributed by atoms with Crippen LogP contribution in [-0.4, -0.2) is 18.4 Å². The van der Waals surface area contributed by atoms with Gasteiger partial charge in [-0.3, -0.25) is 9.59 Å². The third kappa shape index (κ3) is 3.81. The van der Waals surface area contributed by atoms with Crippen molar-refractivity contribution in [2.24, 2.45) is 0 Å². The molecule has 0 fully saturated rings. The standard InChI is InChI=1S/C24H22N2O2/c1-17(27)26-14-13-21-16-22(11-12-23(21)26)25-24(28)15-18-7-9-20(10-8-18)19-5-3-2-4-6-19/h2-12,16H,13-15H2,1H3,(H,25,28). The third-order valence-electron chi connectivity index (χ3n) is 5.06. The quantitative estimate of drug-likeness (QED) is 0.738. The van der Waals surface area contributed by atoms with Gasteiger partial charge in [-0.05, 0) is 46.9 Å². The summed E-state index contributed by atoms with van der Waals surface area (Å²) in [5, 5.41) is 2.97. The minimum atomic E-state index is -0.0474. The Balaban J connectivity index is 1.40. The molecule has 4 nitrogen and oxygen atoms in total. The highest BCUT2D eigenvalue weighted by molar-refractivity contribution is 5.96. The van der Waals surface area contributed by atoms with Crippen LogP contribution < -0.4 is 10.2 Å². The molecule has 1 heterocycles. The number of carbonyl (C=O) groups excluding carboxylic acids is 2. The Morgan fingerprint density at radius 3 is 2.36 bits per heavy atom. The first-order chi connectivity index (χ1) is 13.6. The van der Waals surface area contributed by atoms with Crippen LogP contribution in [0.15, 0.2) is 72.8 Å². The number of hydrogen-bond acceptors (Lipinski definition) is 2. The Morgan fingerprint density at radius 1 is 0.929 bits per heavy atom. The van der Waals surface area contributed by atoms with Gasteiger partial charge >= 0.3 is 0 Å². The second-order valence-electron chi connectivity index (χ2n) is 7.05. The highest BCUT2D eigenvalue weighted by Gasteiger charge is 2.22. The summed E-state index contributed by atoms with van der Waals surface area (Å²) in [5.74, 6) is 0.00307. The maximum absolute atomic E-state index is 12.4. The summed E-state index contributed by atoms with van der Waals surface area (Å²) in [6, 6.07) is 24.0. The van der Waals surface area contributed by atoms with Crippen molar-refractivity contribution in [1.82, 2.24) is 0 Å². The number of nitrogens with zero attached hydrogens (tertiary/aromatic N) is 1. The van der Waals surface area contributed by atoms with Gasteiger partial charge in [0, 0.05) is 24.8 Å². The predicted octanol–water partition coefficient (Wildman–Crippen LogP) is 4.44. The van der Waals surface area contributed by atoms with Crippen molar-refractivity contribution in [3.8, 4) is 11.1 Å². The second-order valence-corrected chi connectivity index (χ2v) is 7.05. The van der Waals surface area contributed by atoms with Crippen molar-refractivity contribution < 1.29 is 9.59 Å². The maximum atomic E-state index is 12.4. The number of hydrogen-bond donors (Lipinski definition) is 1. The van der Waals surface area contributed by atoms with E-state index in [1.54, 1.807) is 11.8 Å². The fraction of sp³-hybridized carbons (Fsp3) is 0.167. The lowest BCUT2D eigenvalue weighted by Gasteiger charge is -2.15. The zero-order valence-electron chi connectivity index (χ0n) is 15.8. The molecule has 1 aliphatic heterocycles. The van der Waals surface area contributed by atoms with Crippen molar-refractivity contribution in [3.05, 3.63) is 83.9 Å². The number of anilines is 2. The summed E-state index contributed by atoms with van der Waals surface area (Å²) in [6.07, 6.45) is 1.14. The summed E-state index contributed by atoms with van der Waals surface area (Å²) in [6.45, 7) is 2.28. The molecule has 0 aromatic heterocycles. The molecule has 3 aromatic carbocycles. The van der Waals surface area contributed by atoms with E-state index >= 15 is 0 Å². The van der Waals surface area contributed by atoms with Crippen LogP contribution in [-0.2, 0) is 22.4 Å². The van der Waals surface area contributed by atoms with Crippen molar-refractivity contribution in [2.45, 2.75) is 19.8 Å². The lowest BCUT2D eigenvalue weighted by molar-refractivity contribution is -0.117. The molecule has 0 unspecified atom stereocenters. The Kier molecular flexibility index (Phi) is 4.94. The number of nitrogens with one attached hydrogen (secondary N) is 1. The molecule has 0 radical (unpaired) electrons. The van der Waals surface area contributed by atoms with Crippen molar-refractivity contribution in [1.29, 1.82) is 0 Å². The van der Waals surface area contributed by atoms with Crippen LogP contribution in [0.3, 0.4) is 0 Å². The molecule has 28 heavy (non-hydrogen) atoms. The topological polar surface area (TPSA) is 49.4 Å². The fourth-order valence-electron chi connectivity index (χ4n) is 3.64. The van der Waals surface area contributed by atoms with Crippen LogP contribution in [0.2, 0.25) is 0 Å². The number of amides is 2. The van der Waals surface area contributed by atoms with E-state index in [4.69, 9.17) is 0 Å². The molecule has 1 aliphatic rings. The average Bonchev–Trinajstić information content (AvgIpc) is 3.13. The van der Waals surface area contributed by atoms with Crippen LogP contribution >= 0.6 is 0 Å². The first kappa shape index (κ1) is 18.0. The molecule has 0 spiro atoms. The first-order valence-electron chi connectivity index (χ1n) is 9.45. The molecule has 0 saturated heterocycles. The van der Waals surface area contributed by atoms with Gasteiger partial charge in [-0.15, -0.1) is 0 Å². The summed E-state index contributed by atoms with van der Waals surface area (Å²) in [5.41, 5.74) is 6.09. The van der Waals surface area contributed by atoms with Gasteiger partial charge in [-0.1, -0.05) is 54.6 Å². The normalized spacial score (nSPS) is 12.5. The van der Waals surface area contributed by atoms with E-state index in [2.05, 4.69) is 17.4 Å². The summed E-state index contributed by atoms with van der Waals surface area (Å²) in [4.78, 5) is 25.9. The largest absolute Gasteiger partial charge is 0.326 e. The van der Waals surface area contributed by atoms with Crippen molar-refractivity contribution in [3.63, 3.8) is 0 Å². The fourth-order valence-corrected chi connectivity index (χ4v) is 3.64. The molecular weight excluding hydrogens is 348 g/mol. The lowest BCUT2D eigenvalue weighted by Crippen LogP contribution is -2.25. The Labute approximate surface area is 164 Å². The van der Waals surface area contributed by atoms with E-state index in [1.807, 2.05) is 60.7 Å². The number of fused-ring (bicyclic) bond motifs is 1. The Morgan fingerprint density at radius 2 is 1.64 bits per heavy atom. The van der Waals surface area contributed by atoms with E-state index in [1.165, 1.54) is 0 Å². The zero-order valence-corrected chi connectivity index (χ0v) is 15.8. The summed E-state index contributed by atoms with van der Waals surface area (Å²) < 4.78 is 0. The number of benzene rings is 3. The molecule has 3 aromatic rings. The second kappa shape index (κ2) is 7.69. The number of carbonyl (C=O) groups is 2. The van der Waals surface area contributed by atoms with Crippen LogP contribution in [0.25, 0.3) is 11.1 Å². The first-order valence-corrected chi connectivity index (χ1v) is 9.45. The smallest absolute Gasteiger partial charge is 0.228 e. The van der Waals surface area contributed by atoms with Crippen molar-refractivity contribution in [2.75, 3.05) is 16.8 Å². The molecule has 0 saturated carbocycles. The van der Waals surface area contributed by atoms with E-state index in [0.29, 0.717) is 13.0 Å². The zero-order chi connectivity index (χ0) is 19.5. The molecule has 0 bridgehead atoms. The van der Waals surface area contributed by atoms with Gasteiger partial charge in [-0.25, -0.2) is 0 Å². The molecule has 4 rings (SSSR count). The van der Waals surface area contributed by atoms with Gasteiger partial charge in [0.25, 0.3) is 0 Å². The van der Waals surface area contributed by atoms with Crippen LogP contribution in [0.5, 0.6) is 0 Å². The van der Waals surface area contributed by atoms with Gasteiger partial charge in [-0.2, -0.15) is 0 Å². The third-order valence-corrected chi connectivity index (χ3v) is 5.06. The van der Waals surface area contributed by atoms with Crippen LogP contribution in [0.1, 0.15) is 18.1 Å².